The van der Waals surface area contributed by atoms with Gasteiger partial charge in [-0.2, -0.15) is 0 Å². The zero-order valence-corrected chi connectivity index (χ0v) is 13.4. The molecule has 0 N–H and O–H groups in total. The number of hydrogen-bond donors (Lipinski definition) is 0. The summed E-state index contributed by atoms with van der Waals surface area (Å²) in [6.07, 6.45) is 3.19. The first kappa shape index (κ1) is 16.1. The fourth-order valence-electron chi connectivity index (χ4n) is 2.17. The maximum atomic E-state index is 12.3. The van der Waals surface area contributed by atoms with Crippen LogP contribution in [-0.2, 0) is 0 Å². The van der Waals surface area contributed by atoms with Crippen molar-refractivity contribution >= 4 is 29.2 Å². The third-order valence-electron chi connectivity index (χ3n) is 3.35. The summed E-state index contributed by atoms with van der Waals surface area (Å²) in [7, 11) is 0. The Balaban J connectivity index is 2.31. The summed E-state index contributed by atoms with van der Waals surface area (Å²) in [5.41, 5.74) is 3.06. The number of nitrogens with zero attached hydrogens (tertiary/aromatic N) is 1. The van der Waals surface area contributed by atoms with Crippen LogP contribution < -0.4 is 0 Å². The van der Waals surface area contributed by atoms with Crippen molar-refractivity contribution < 1.29 is 9.59 Å². The van der Waals surface area contributed by atoms with Gasteiger partial charge in [0.05, 0.1) is 0 Å². The molecule has 1 aromatic carbocycles. The summed E-state index contributed by atoms with van der Waals surface area (Å²) >= 11 is 5.82. The molecule has 0 fully saturated rings. The number of ketones is 2. The van der Waals surface area contributed by atoms with Crippen LogP contribution >= 0.6 is 11.6 Å². The van der Waals surface area contributed by atoms with Gasteiger partial charge in [-0.3, -0.25) is 14.6 Å². The number of carbonyl (C=O) groups excluding carboxylic acids is 2. The number of benzene rings is 1. The summed E-state index contributed by atoms with van der Waals surface area (Å²) in [5, 5.41) is 0.646. The average molecular weight is 314 g/mol. The number of allylic oxidation sites excluding steroid dienone is 1. The van der Waals surface area contributed by atoms with Gasteiger partial charge in [0, 0.05) is 27.5 Å². The molecule has 112 valence electrons. The minimum atomic E-state index is -0.178. The van der Waals surface area contributed by atoms with Gasteiger partial charge in [-0.25, -0.2) is 0 Å². The van der Waals surface area contributed by atoms with Crippen LogP contribution in [0.15, 0.2) is 36.4 Å². The highest BCUT2D eigenvalue weighted by molar-refractivity contribution is 6.30. The van der Waals surface area contributed by atoms with Gasteiger partial charge in [0.2, 0.25) is 0 Å². The molecule has 2 rings (SSSR count). The lowest BCUT2D eigenvalue weighted by atomic mass is 10.0. The Labute approximate surface area is 134 Å². The number of hydrogen-bond acceptors (Lipinski definition) is 3. The molecular weight excluding hydrogens is 298 g/mol. The highest BCUT2D eigenvalue weighted by Crippen LogP contribution is 2.16. The summed E-state index contributed by atoms with van der Waals surface area (Å²) in [4.78, 5) is 28.2. The minimum absolute atomic E-state index is 0.0965. The predicted molar refractivity (Wildman–Crippen MR) is 88.5 cm³/mol. The van der Waals surface area contributed by atoms with Gasteiger partial charge in [-0.05, 0) is 50.6 Å². The Kier molecular flexibility index (Phi) is 4.88. The van der Waals surface area contributed by atoms with Crippen molar-refractivity contribution in [1.82, 2.24) is 4.98 Å². The van der Waals surface area contributed by atoms with Crippen LogP contribution in [0.25, 0.3) is 6.08 Å². The maximum absolute atomic E-state index is 12.3. The lowest BCUT2D eigenvalue weighted by Gasteiger charge is -2.07. The van der Waals surface area contributed by atoms with Crippen LogP contribution in [0.5, 0.6) is 0 Å². The number of carbonyl (C=O) groups is 2. The average Bonchev–Trinajstić information content (AvgIpc) is 2.46. The molecule has 1 heterocycles. The molecule has 0 aliphatic rings. The van der Waals surface area contributed by atoms with Gasteiger partial charge in [0.25, 0.3) is 0 Å². The van der Waals surface area contributed by atoms with Crippen LogP contribution in [0.2, 0.25) is 5.02 Å². The van der Waals surface area contributed by atoms with E-state index in [4.69, 9.17) is 11.6 Å². The standard InChI is InChI=1S/C18H16ClNO2/c1-11-16(13(3)21)10-17(12(2)20-11)18(22)9-6-14-4-7-15(19)8-5-14/h4-10H,1-3H3/b9-6+. The second-order valence-corrected chi connectivity index (χ2v) is 5.50. The Morgan fingerprint density at radius 2 is 1.64 bits per heavy atom. The van der Waals surface area contributed by atoms with Crippen molar-refractivity contribution in [1.29, 1.82) is 0 Å². The molecule has 2 aromatic rings. The van der Waals surface area contributed by atoms with Crippen LogP contribution in [0, 0.1) is 13.8 Å². The number of halogens is 1. The lowest BCUT2D eigenvalue weighted by molar-refractivity contribution is 0.101. The first-order chi connectivity index (χ1) is 10.4. The van der Waals surface area contributed by atoms with Gasteiger partial charge in [0.1, 0.15) is 0 Å². The molecule has 0 radical (unpaired) electrons. The third kappa shape index (κ3) is 3.68. The zero-order chi connectivity index (χ0) is 16.3. The molecule has 0 aliphatic carbocycles. The molecule has 0 aliphatic heterocycles. The van der Waals surface area contributed by atoms with Crippen molar-refractivity contribution in [2.24, 2.45) is 0 Å². The summed E-state index contributed by atoms with van der Waals surface area (Å²) in [5.74, 6) is -0.275. The fraction of sp³-hybridized carbons (Fsp3) is 0.167. The smallest absolute Gasteiger partial charge is 0.187 e. The molecule has 0 bridgehead atoms. The summed E-state index contributed by atoms with van der Waals surface area (Å²) < 4.78 is 0. The van der Waals surface area contributed by atoms with E-state index in [1.807, 2.05) is 12.1 Å². The van der Waals surface area contributed by atoms with Crippen molar-refractivity contribution in [2.45, 2.75) is 20.8 Å². The molecule has 3 nitrogen and oxygen atoms in total. The lowest BCUT2D eigenvalue weighted by Crippen LogP contribution is -2.07. The fourth-order valence-corrected chi connectivity index (χ4v) is 2.29. The van der Waals surface area contributed by atoms with E-state index in [2.05, 4.69) is 4.98 Å². The van der Waals surface area contributed by atoms with Crippen LogP contribution in [-0.4, -0.2) is 16.6 Å². The molecule has 1 aromatic heterocycles. The van der Waals surface area contributed by atoms with Crippen molar-refractivity contribution in [3.63, 3.8) is 0 Å². The van der Waals surface area contributed by atoms with E-state index in [0.717, 1.165) is 5.56 Å². The van der Waals surface area contributed by atoms with Crippen molar-refractivity contribution in [2.75, 3.05) is 0 Å². The van der Waals surface area contributed by atoms with E-state index in [0.29, 0.717) is 27.5 Å². The van der Waals surface area contributed by atoms with Gasteiger partial charge in [0.15, 0.2) is 11.6 Å². The largest absolute Gasteiger partial charge is 0.294 e. The van der Waals surface area contributed by atoms with E-state index in [-0.39, 0.29) is 11.6 Å². The monoisotopic (exact) mass is 313 g/mol. The second kappa shape index (κ2) is 6.67. The summed E-state index contributed by atoms with van der Waals surface area (Å²) in [6, 6.07) is 8.80. The van der Waals surface area contributed by atoms with Crippen LogP contribution in [0.3, 0.4) is 0 Å². The van der Waals surface area contributed by atoms with Gasteiger partial charge in [-0.1, -0.05) is 29.8 Å². The molecule has 0 spiro atoms. The van der Waals surface area contributed by atoms with E-state index >= 15 is 0 Å². The third-order valence-corrected chi connectivity index (χ3v) is 3.60. The molecular formula is C18H16ClNO2. The highest BCUT2D eigenvalue weighted by Gasteiger charge is 2.13. The highest BCUT2D eigenvalue weighted by atomic mass is 35.5. The molecule has 22 heavy (non-hydrogen) atoms. The molecule has 0 atom stereocenters. The first-order valence-electron chi connectivity index (χ1n) is 6.85. The zero-order valence-electron chi connectivity index (χ0n) is 12.7. The van der Waals surface area contributed by atoms with Crippen molar-refractivity contribution in [3.05, 3.63) is 69.5 Å². The Morgan fingerprint density at radius 1 is 1.05 bits per heavy atom. The SMILES string of the molecule is CC(=O)c1cc(C(=O)/C=C/c2ccc(Cl)cc2)c(C)nc1C. The van der Waals surface area contributed by atoms with E-state index in [1.165, 1.54) is 13.0 Å². The molecule has 4 heteroatoms. The van der Waals surface area contributed by atoms with Gasteiger partial charge < -0.3 is 0 Å². The van der Waals surface area contributed by atoms with Crippen LogP contribution in [0.1, 0.15) is 44.6 Å². The van der Waals surface area contributed by atoms with Crippen molar-refractivity contribution in [3.8, 4) is 0 Å². The second-order valence-electron chi connectivity index (χ2n) is 5.06. The van der Waals surface area contributed by atoms with Crippen LogP contribution in [0.4, 0.5) is 0 Å². The maximum Gasteiger partial charge on any atom is 0.187 e. The Bertz CT molecular complexity index is 761. The number of rotatable bonds is 4. The molecule has 0 saturated carbocycles. The predicted octanol–water partition coefficient (Wildman–Crippen LogP) is 4.45. The van der Waals surface area contributed by atoms with Gasteiger partial charge >= 0.3 is 0 Å². The Morgan fingerprint density at radius 3 is 2.23 bits per heavy atom. The quantitative estimate of drug-likeness (QED) is 0.619. The Hall–Kier alpha value is -2.26. The van der Waals surface area contributed by atoms with E-state index in [1.54, 1.807) is 38.1 Å². The number of aromatic nitrogens is 1. The molecule has 0 unspecified atom stereocenters. The van der Waals surface area contributed by atoms with Gasteiger partial charge in [-0.15, -0.1) is 0 Å². The van der Waals surface area contributed by atoms with E-state index < -0.39 is 0 Å². The first-order valence-corrected chi connectivity index (χ1v) is 7.23. The molecule has 0 amide bonds. The molecule has 0 saturated heterocycles. The topological polar surface area (TPSA) is 47.0 Å². The normalized spacial score (nSPS) is 10.9. The number of aryl methyl sites for hydroxylation is 2. The minimum Gasteiger partial charge on any atom is -0.294 e. The summed E-state index contributed by atoms with van der Waals surface area (Å²) in [6.45, 7) is 5.00. The number of pyridine rings is 1. The van der Waals surface area contributed by atoms with E-state index in [9.17, 15) is 9.59 Å². The number of Topliss-reactive ketones (excluding diaryl/α,β-unsaturated/α-hetero) is 1.